The smallest absolute Gasteiger partial charge is 0.411 e. The van der Waals surface area contributed by atoms with E-state index in [0.29, 0.717) is 30.9 Å². The fourth-order valence-corrected chi connectivity index (χ4v) is 3.61. The first-order valence-corrected chi connectivity index (χ1v) is 12.9. The van der Waals surface area contributed by atoms with Gasteiger partial charge >= 0.3 is 6.09 Å². The van der Waals surface area contributed by atoms with Crippen LogP contribution < -0.4 is 10.6 Å². The zero-order chi connectivity index (χ0) is 26.0. The van der Waals surface area contributed by atoms with Gasteiger partial charge in [0.05, 0.1) is 25.9 Å². The molecule has 2 aromatic carbocycles. The third kappa shape index (κ3) is 11.9. The molecule has 0 spiro atoms. The molecule has 0 saturated heterocycles. The number of carbonyl (C=O) groups excluding carboxylic acids is 1. The summed E-state index contributed by atoms with van der Waals surface area (Å²) in [6, 6.07) is 12.5. The van der Waals surface area contributed by atoms with Crippen LogP contribution in [0.3, 0.4) is 0 Å². The number of nitrogens with one attached hydrogen (secondary N) is 2. The van der Waals surface area contributed by atoms with Gasteiger partial charge in [-0.1, -0.05) is 44.4 Å². The first kappa shape index (κ1) is 29.6. The summed E-state index contributed by atoms with van der Waals surface area (Å²) in [6.07, 6.45) is 5.82. The Morgan fingerprint density at radius 3 is 2.50 bits per heavy atom. The van der Waals surface area contributed by atoms with E-state index in [1.807, 2.05) is 24.3 Å². The number of phenols is 1. The van der Waals surface area contributed by atoms with E-state index in [4.69, 9.17) is 9.47 Å². The lowest BCUT2D eigenvalue weighted by molar-refractivity contribution is 0.132. The van der Waals surface area contributed by atoms with E-state index < -0.39 is 12.2 Å². The summed E-state index contributed by atoms with van der Waals surface area (Å²) in [5.41, 5.74) is 2.98. The minimum Gasteiger partial charge on any atom is -0.508 e. The van der Waals surface area contributed by atoms with Crippen LogP contribution in [0.2, 0.25) is 0 Å². The van der Waals surface area contributed by atoms with Gasteiger partial charge in [-0.15, -0.1) is 0 Å². The van der Waals surface area contributed by atoms with E-state index >= 15 is 0 Å². The summed E-state index contributed by atoms with van der Waals surface area (Å²) in [4.78, 5) is 11.7. The lowest BCUT2D eigenvalue weighted by atomic mass is 10.1. The summed E-state index contributed by atoms with van der Waals surface area (Å²) < 4.78 is 10.8. The Morgan fingerprint density at radius 2 is 1.75 bits per heavy atom. The molecule has 0 aliphatic rings. The second kappa shape index (κ2) is 17.7. The number of hydrogen-bond donors (Lipinski definition) is 5. The zero-order valence-corrected chi connectivity index (χ0v) is 21.4. The van der Waals surface area contributed by atoms with Gasteiger partial charge in [0.15, 0.2) is 0 Å². The summed E-state index contributed by atoms with van der Waals surface area (Å²) >= 11 is 0. The highest BCUT2D eigenvalue weighted by atomic mass is 16.5. The monoisotopic (exact) mass is 502 g/mol. The number of unbranched alkanes of at least 4 members (excludes halogenated alkanes) is 4. The number of anilines is 1. The topological polar surface area (TPSA) is 120 Å². The molecular weight excluding hydrogens is 460 g/mol. The van der Waals surface area contributed by atoms with Crippen molar-refractivity contribution in [3.05, 3.63) is 59.2 Å². The van der Waals surface area contributed by atoms with E-state index in [1.54, 1.807) is 12.1 Å². The minimum atomic E-state index is -0.677. The number of ether oxygens (including phenoxy) is 2. The van der Waals surface area contributed by atoms with Crippen molar-refractivity contribution < 1.29 is 29.6 Å². The number of aliphatic hydroxyl groups excluding tert-OH is 2. The van der Waals surface area contributed by atoms with Gasteiger partial charge in [-0.3, -0.25) is 5.32 Å². The fourth-order valence-electron chi connectivity index (χ4n) is 3.61. The molecule has 5 N–H and O–H groups in total. The summed E-state index contributed by atoms with van der Waals surface area (Å²) in [5.74, 6) is 0.0371. The molecular formula is C28H42N2O6. The third-order valence-electron chi connectivity index (χ3n) is 5.86. The average Bonchev–Trinajstić information content (AvgIpc) is 2.88. The van der Waals surface area contributed by atoms with Crippen LogP contribution in [0.5, 0.6) is 5.75 Å². The molecule has 200 valence electrons. The average molecular weight is 503 g/mol. The van der Waals surface area contributed by atoms with Gasteiger partial charge in [0, 0.05) is 24.4 Å². The second-order valence-corrected chi connectivity index (χ2v) is 8.85. The van der Waals surface area contributed by atoms with Crippen molar-refractivity contribution in [3.8, 4) is 5.75 Å². The molecule has 1 unspecified atom stereocenters. The van der Waals surface area contributed by atoms with Crippen molar-refractivity contribution in [2.75, 3.05) is 38.2 Å². The van der Waals surface area contributed by atoms with Crippen LogP contribution in [0.25, 0.3) is 0 Å². The van der Waals surface area contributed by atoms with Gasteiger partial charge in [-0.05, 0) is 67.6 Å². The molecule has 8 heteroatoms. The second-order valence-electron chi connectivity index (χ2n) is 8.85. The number of benzene rings is 2. The third-order valence-corrected chi connectivity index (χ3v) is 5.86. The van der Waals surface area contributed by atoms with Gasteiger partial charge in [0.1, 0.15) is 5.75 Å². The maximum absolute atomic E-state index is 11.7. The van der Waals surface area contributed by atoms with Gasteiger partial charge in [-0.2, -0.15) is 0 Å². The highest BCUT2D eigenvalue weighted by molar-refractivity contribution is 5.84. The predicted molar refractivity (Wildman–Crippen MR) is 141 cm³/mol. The molecule has 0 aromatic heterocycles. The Kier molecular flexibility index (Phi) is 14.6. The molecule has 0 bridgehead atoms. The number of aliphatic hydroxyl groups is 2. The normalized spacial score (nSPS) is 11.9. The van der Waals surface area contributed by atoms with Gasteiger partial charge in [0.2, 0.25) is 0 Å². The quantitative estimate of drug-likeness (QED) is 0.188. The number of rotatable bonds is 18. The van der Waals surface area contributed by atoms with Crippen molar-refractivity contribution in [1.29, 1.82) is 0 Å². The standard InChI is InChI=1S/C28H42N2O6/c1-2-3-17-36-28(34)30-25-11-8-22(9-12-25)14-18-35-16-7-5-4-6-15-29-20-27(33)23-10-13-26(32)24(19-23)21-31/h8-13,19,27,29,31-33H,2-7,14-18,20-21H2,1H3,(H,30,34). The van der Waals surface area contributed by atoms with Crippen molar-refractivity contribution >= 4 is 11.8 Å². The molecule has 36 heavy (non-hydrogen) atoms. The lowest BCUT2D eigenvalue weighted by Crippen LogP contribution is -2.22. The van der Waals surface area contributed by atoms with Crippen LogP contribution in [0.4, 0.5) is 10.5 Å². The van der Waals surface area contributed by atoms with Crippen molar-refractivity contribution in [2.45, 2.75) is 64.6 Å². The molecule has 0 heterocycles. The fraction of sp³-hybridized carbons (Fsp3) is 0.536. The van der Waals surface area contributed by atoms with Gasteiger partial charge in [-0.25, -0.2) is 4.79 Å². The molecule has 0 saturated carbocycles. The van der Waals surface area contributed by atoms with Crippen LogP contribution in [-0.2, 0) is 22.5 Å². The number of hydrogen-bond acceptors (Lipinski definition) is 7. The maximum Gasteiger partial charge on any atom is 0.411 e. The van der Waals surface area contributed by atoms with E-state index in [1.165, 1.54) is 6.07 Å². The highest BCUT2D eigenvalue weighted by Crippen LogP contribution is 2.22. The molecule has 1 atom stereocenters. The van der Waals surface area contributed by atoms with Crippen molar-refractivity contribution in [3.63, 3.8) is 0 Å². The Balaban J connectivity index is 1.45. The largest absolute Gasteiger partial charge is 0.508 e. The lowest BCUT2D eigenvalue weighted by Gasteiger charge is -2.14. The molecule has 0 radical (unpaired) electrons. The highest BCUT2D eigenvalue weighted by Gasteiger charge is 2.10. The Labute approximate surface area is 214 Å². The SMILES string of the molecule is CCCCOC(=O)Nc1ccc(CCOCCCCCCNCC(O)c2ccc(O)c(CO)c2)cc1. The molecule has 2 rings (SSSR count). The van der Waals surface area contributed by atoms with E-state index in [9.17, 15) is 20.1 Å². The van der Waals surface area contributed by atoms with Crippen LogP contribution in [0.15, 0.2) is 42.5 Å². The summed E-state index contributed by atoms with van der Waals surface area (Å²) in [7, 11) is 0. The Morgan fingerprint density at radius 1 is 0.972 bits per heavy atom. The first-order valence-electron chi connectivity index (χ1n) is 12.9. The van der Waals surface area contributed by atoms with Crippen molar-refractivity contribution in [1.82, 2.24) is 5.32 Å². The molecule has 0 aliphatic carbocycles. The van der Waals surface area contributed by atoms with E-state index in [2.05, 4.69) is 17.6 Å². The van der Waals surface area contributed by atoms with Gasteiger partial charge in [0.25, 0.3) is 0 Å². The zero-order valence-electron chi connectivity index (χ0n) is 21.4. The van der Waals surface area contributed by atoms with Crippen LogP contribution in [0, 0.1) is 0 Å². The predicted octanol–water partition coefficient (Wildman–Crippen LogP) is 4.68. The molecule has 8 nitrogen and oxygen atoms in total. The minimum absolute atomic E-state index is 0.0371. The van der Waals surface area contributed by atoms with Crippen LogP contribution in [0.1, 0.15) is 68.2 Å². The molecule has 0 fully saturated rings. The molecule has 2 aromatic rings. The molecule has 0 aliphatic heterocycles. The van der Waals surface area contributed by atoms with E-state index in [-0.39, 0.29) is 12.4 Å². The van der Waals surface area contributed by atoms with Gasteiger partial charge < -0.3 is 30.1 Å². The van der Waals surface area contributed by atoms with Crippen molar-refractivity contribution in [2.24, 2.45) is 0 Å². The Hall–Kier alpha value is -2.65. The number of amides is 1. The van der Waals surface area contributed by atoms with Crippen LogP contribution >= 0.6 is 0 Å². The number of carbonyl (C=O) groups is 1. The Bertz CT molecular complexity index is 875. The molecule has 1 amide bonds. The summed E-state index contributed by atoms with van der Waals surface area (Å²) in [6.45, 7) is 4.89. The summed E-state index contributed by atoms with van der Waals surface area (Å²) in [5, 5.41) is 35.1. The van der Waals surface area contributed by atoms with E-state index in [0.717, 1.165) is 69.3 Å². The maximum atomic E-state index is 11.7. The first-order chi connectivity index (χ1) is 17.5. The van der Waals surface area contributed by atoms with Crippen LogP contribution in [-0.4, -0.2) is 54.3 Å². The number of aromatic hydroxyl groups is 1.